The van der Waals surface area contributed by atoms with Crippen molar-refractivity contribution in [2.75, 3.05) is 25.9 Å². The number of nitrogens with zero attached hydrogens (tertiary/aromatic N) is 2. The van der Waals surface area contributed by atoms with Crippen molar-refractivity contribution < 1.29 is 4.79 Å². The first-order chi connectivity index (χ1) is 9.06. The summed E-state index contributed by atoms with van der Waals surface area (Å²) in [5.74, 6) is -0.170. The molecule has 1 aromatic rings. The maximum Gasteiger partial charge on any atom is 0.251 e. The second kappa shape index (κ2) is 5.88. The van der Waals surface area contributed by atoms with Gasteiger partial charge in [0.2, 0.25) is 5.91 Å². The molecule has 1 aliphatic rings. The van der Waals surface area contributed by atoms with Gasteiger partial charge < -0.3 is 20.5 Å². The third-order valence-corrected chi connectivity index (χ3v) is 3.28. The standard InChI is InChI=1S/C13H20N4O2/c1-16(11-3-4-11)7-6-15-12(18)9-17-8-10(14)2-5-13(17)19/h2,5,8,11H,3-4,6-7,9,14H2,1H3,(H,15,18). The van der Waals surface area contributed by atoms with Gasteiger partial charge in [-0.25, -0.2) is 0 Å². The fraction of sp³-hybridized carbons (Fsp3) is 0.538. The molecule has 0 aliphatic heterocycles. The second-order valence-electron chi connectivity index (χ2n) is 4.99. The monoisotopic (exact) mass is 264 g/mol. The van der Waals surface area contributed by atoms with E-state index in [2.05, 4.69) is 17.3 Å². The molecule has 0 unspecified atom stereocenters. The normalized spacial score (nSPS) is 14.6. The van der Waals surface area contributed by atoms with Gasteiger partial charge in [0, 0.05) is 37.1 Å². The Balaban J connectivity index is 1.77. The van der Waals surface area contributed by atoms with Gasteiger partial charge in [-0.15, -0.1) is 0 Å². The molecular weight excluding hydrogens is 244 g/mol. The summed E-state index contributed by atoms with van der Waals surface area (Å²) in [7, 11) is 2.06. The van der Waals surface area contributed by atoms with Crippen molar-refractivity contribution in [2.24, 2.45) is 0 Å². The number of carbonyl (C=O) groups excluding carboxylic acids is 1. The van der Waals surface area contributed by atoms with E-state index >= 15 is 0 Å². The molecule has 1 aromatic heterocycles. The maximum atomic E-state index is 11.7. The van der Waals surface area contributed by atoms with Crippen LogP contribution in [0, 0.1) is 0 Å². The van der Waals surface area contributed by atoms with Crippen molar-refractivity contribution in [3.63, 3.8) is 0 Å². The molecule has 0 aromatic carbocycles. The summed E-state index contributed by atoms with van der Waals surface area (Å²) in [6.07, 6.45) is 3.99. The van der Waals surface area contributed by atoms with Crippen LogP contribution in [0.3, 0.4) is 0 Å². The lowest BCUT2D eigenvalue weighted by atomic mass is 10.4. The van der Waals surface area contributed by atoms with Gasteiger partial charge >= 0.3 is 0 Å². The zero-order valence-electron chi connectivity index (χ0n) is 11.1. The topological polar surface area (TPSA) is 80.4 Å². The largest absolute Gasteiger partial charge is 0.398 e. The molecule has 0 atom stereocenters. The lowest BCUT2D eigenvalue weighted by molar-refractivity contribution is -0.121. The van der Waals surface area contributed by atoms with Gasteiger partial charge in [-0.3, -0.25) is 9.59 Å². The summed E-state index contributed by atoms with van der Waals surface area (Å²) in [4.78, 5) is 25.5. The van der Waals surface area contributed by atoms with Gasteiger partial charge in [0.1, 0.15) is 6.54 Å². The van der Waals surface area contributed by atoms with Crippen molar-refractivity contribution in [2.45, 2.75) is 25.4 Å². The molecule has 1 fully saturated rings. The lowest BCUT2D eigenvalue weighted by Gasteiger charge is -2.15. The molecule has 0 bridgehead atoms. The third-order valence-electron chi connectivity index (χ3n) is 3.28. The van der Waals surface area contributed by atoms with Crippen molar-refractivity contribution in [3.8, 4) is 0 Å². The zero-order chi connectivity index (χ0) is 13.8. The van der Waals surface area contributed by atoms with Crippen LogP contribution in [-0.2, 0) is 11.3 Å². The summed E-state index contributed by atoms with van der Waals surface area (Å²) in [5, 5.41) is 2.81. The fourth-order valence-corrected chi connectivity index (χ4v) is 1.95. The van der Waals surface area contributed by atoms with Crippen molar-refractivity contribution in [1.82, 2.24) is 14.8 Å². The lowest BCUT2D eigenvalue weighted by Crippen LogP contribution is -2.37. The molecule has 0 saturated heterocycles. The number of hydrogen-bond donors (Lipinski definition) is 2. The van der Waals surface area contributed by atoms with Gasteiger partial charge in [-0.2, -0.15) is 0 Å². The Kier molecular flexibility index (Phi) is 4.21. The van der Waals surface area contributed by atoms with E-state index < -0.39 is 0 Å². The summed E-state index contributed by atoms with van der Waals surface area (Å²) >= 11 is 0. The molecule has 1 amide bonds. The molecule has 3 N–H and O–H groups in total. The predicted molar refractivity (Wildman–Crippen MR) is 73.8 cm³/mol. The number of aromatic nitrogens is 1. The summed E-state index contributed by atoms with van der Waals surface area (Å²) in [6, 6.07) is 3.58. The molecule has 104 valence electrons. The molecule has 0 spiro atoms. The first-order valence-corrected chi connectivity index (χ1v) is 6.49. The number of nitrogens with two attached hydrogens (primary N) is 1. The van der Waals surface area contributed by atoms with E-state index in [1.54, 1.807) is 0 Å². The third kappa shape index (κ3) is 4.10. The van der Waals surface area contributed by atoms with Gasteiger partial charge in [0.05, 0.1) is 0 Å². The van der Waals surface area contributed by atoms with Crippen LogP contribution in [0.5, 0.6) is 0 Å². The first kappa shape index (κ1) is 13.6. The Morgan fingerprint density at radius 1 is 1.53 bits per heavy atom. The minimum Gasteiger partial charge on any atom is -0.398 e. The summed E-state index contributed by atoms with van der Waals surface area (Å²) in [5.41, 5.74) is 5.84. The number of nitrogens with one attached hydrogen (secondary N) is 1. The van der Waals surface area contributed by atoms with E-state index in [1.165, 1.54) is 35.7 Å². The minimum atomic E-state index is -0.223. The number of likely N-dealkylation sites (N-methyl/N-ethyl adjacent to an activating group) is 1. The molecule has 0 radical (unpaired) electrons. The van der Waals surface area contributed by atoms with Gasteiger partial charge in [-0.05, 0) is 26.0 Å². The highest BCUT2D eigenvalue weighted by molar-refractivity contribution is 5.75. The van der Waals surface area contributed by atoms with E-state index in [4.69, 9.17) is 5.73 Å². The highest BCUT2D eigenvalue weighted by atomic mass is 16.2. The van der Waals surface area contributed by atoms with Crippen LogP contribution in [-0.4, -0.2) is 41.6 Å². The molecular formula is C13H20N4O2. The van der Waals surface area contributed by atoms with E-state index in [1.807, 2.05) is 0 Å². The predicted octanol–water partition coefficient (Wildman–Crippen LogP) is -0.359. The number of rotatable bonds is 6. The second-order valence-corrected chi connectivity index (χ2v) is 4.99. The average Bonchev–Trinajstić information content (AvgIpc) is 3.18. The Morgan fingerprint density at radius 2 is 2.26 bits per heavy atom. The molecule has 1 aliphatic carbocycles. The SMILES string of the molecule is CN(CCNC(=O)Cn1cc(N)ccc1=O)C1CC1. The Bertz CT molecular complexity index is 508. The number of carbonyl (C=O) groups is 1. The van der Waals surface area contributed by atoms with E-state index in [9.17, 15) is 9.59 Å². The molecule has 1 saturated carbocycles. The van der Waals surface area contributed by atoms with Crippen LogP contribution >= 0.6 is 0 Å². The fourth-order valence-electron chi connectivity index (χ4n) is 1.95. The van der Waals surface area contributed by atoms with Crippen LogP contribution in [0.25, 0.3) is 0 Å². The van der Waals surface area contributed by atoms with Crippen molar-refractivity contribution >= 4 is 11.6 Å². The van der Waals surface area contributed by atoms with Crippen LogP contribution in [0.4, 0.5) is 5.69 Å². The zero-order valence-corrected chi connectivity index (χ0v) is 11.1. The Labute approximate surface area is 112 Å². The van der Waals surface area contributed by atoms with Gasteiger partial charge in [0.25, 0.3) is 5.56 Å². The smallest absolute Gasteiger partial charge is 0.251 e. The molecule has 2 rings (SSSR count). The highest BCUT2D eigenvalue weighted by Crippen LogP contribution is 2.24. The first-order valence-electron chi connectivity index (χ1n) is 6.49. The Morgan fingerprint density at radius 3 is 2.95 bits per heavy atom. The summed E-state index contributed by atoms with van der Waals surface area (Å²) < 4.78 is 1.31. The van der Waals surface area contributed by atoms with E-state index in [0.717, 1.165) is 6.54 Å². The van der Waals surface area contributed by atoms with E-state index in [-0.39, 0.29) is 18.0 Å². The number of anilines is 1. The van der Waals surface area contributed by atoms with E-state index in [0.29, 0.717) is 18.3 Å². The van der Waals surface area contributed by atoms with Crippen LogP contribution in [0.2, 0.25) is 0 Å². The van der Waals surface area contributed by atoms with Gasteiger partial charge in [-0.1, -0.05) is 0 Å². The van der Waals surface area contributed by atoms with Crippen LogP contribution in [0.15, 0.2) is 23.1 Å². The highest BCUT2D eigenvalue weighted by Gasteiger charge is 2.25. The quantitative estimate of drug-likeness (QED) is 0.735. The van der Waals surface area contributed by atoms with Crippen LogP contribution < -0.4 is 16.6 Å². The van der Waals surface area contributed by atoms with Crippen LogP contribution in [0.1, 0.15) is 12.8 Å². The summed E-state index contributed by atoms with van der Waals surface area (Å²) in [6.45, 7) is 1.45. The number of nitrogen functional groups attached to an aromatic ring is 1. The number of amides is 1. The Hall–Kier alpha value is -1.82. The number of pyridine rings is 1. The minimum absolute atomic E-state index is 0.0109. The molecule has 6 nitrogen and oxygen atoms in total. The average molecular weight is 264 g/mol. The molecule has 6 heteroatoms. The number of hydrogen-bond acceptors (Lipinski definition) is 4. The van der Waals surface area contributed by atoms with Crippen molar-refractivity contribution in [1.29, 1.82) is 0 Å². The van der Waals surface area contributed by atoms with Crippen molar-refractivity contribution in [3.05, 3.63) is 28.7 Å². The maximum absolute atomic E-state index is 11.7. The van der Waals surface area contributed by atoms with Gasteiger partial charge in [0.15, 0.2) is 0 Å². The molecule has 19 heavy (non-hydrogen) atoms. The molecule has 1 heterocycles.